The maximum Gasteiger partial charge on any atom is 0.251 e. The minimum absolute atomic E-state index is 0.0602. The molecular weight excluding hydrogens is 375 g/mol. The van der Waals surface area contributed by atoms with Crippen molar-refractivity contribution in [3.63, 3.8) is 0 Å². The molecule has 0 fully saturated rings. The predicted octanol–water partition coefficient (Wildman–Crippen LogP) is 4.72. The molecule has 0 saturated carbocycles. The molecule has 0 aliphatic heterocycles. The molecule has 2 N–H and O–H groups in total. The highest BCUT2D eigenvalue weighted by Crippen LogP contribution is 2.29. The van der Waals surface area contributed by atoms with E-state index in [-0.39, 0.29) is 16.4 Å². The van der Waals surface area contributed by atoms with Crippen LogP contribution in [0.1, 0.15) is 24.2 Å². The third kappa shape index (κ3) is 5.18. The first-order valence-electron chi connectivity index (χ1n) is 7.63. The monoisotopic (exact) mass is 390 g/mol. The molecule has 2 aromatic carbocycles. The van der Waals surface area contributed by atoms with E-state index in [0.29, 0.717) is 22.0 Å². The van der Waals surface area contributed by atoms with Crippen LogP contribution in [-0.2, 0) is 9.59 Å². The number of Topliss-reactive ketones (excluding diaryl/α,β-unsaturated/α-hetero) is 1. The van der Waals surface area contributed by atoms with Crippen molar-refractivity contribution in [1.82, 2.24) is 0 Å². The summed E-state index contributed by atoms with van der Waals surface area (Å²) in [5.74, 6) is -1.00. The summed E-state index contributed by atoms with van der Waals surface area (Å²) in [7, 11) is 0. The Bertz CT molecular complexity index is 890. The Balaban J connectivity index is 2.03. The molecule has 2 rings (SSSR count). The SMILES string of the molecule is CC(=O)c1ccc(NC(=O)/C=C(/C)C(=O)Nc2cccc(Cl)c2Cl)cc1. The lowest BCUT2D eigenvalue weighted by Crippen LogP contribution is -2.16. The fourth-order valence-corrected chi connectivity index (χ4v) is 2.40. The van der Waals surface area contributed by atoms with E-state index in [9.17, 15) is 14.4 Å². The molecule has 26 heavy (non-hydrogen) atoms. The van der Waals surface area contributed by atoms with Crippen LogP contribution in [0.4, 0.5) is 11.4 Å². The highest BCUT2D eigenvalue weighted by molar-refractivity contribution is 6.44. The number of anilines is 2. The zero-order valence-electron chi connectivity index (χ0n) is 14.1. The van der Waals surface area contributed by atoms with Gasteiger partial charge >= 0.3 is 0 Å². The van der Waals surface area contributed by atoms with Crippen LogP contribution in [0.2, 0.25) is 10.0 Å². The molecule has 0 aliphatic carbocycles. The Labute approximate surface area is 161 Å². The Hall–Kier alpha value is -2.63. The van der Waals surface area contributed by atoms with Gasteiger partial charge in [0.25, 0.3) is 5.91 Å². The van der Waals surface area contributed by atoms with Crippen molar-refractivity contribution < 1.29 is 14.4 Å². The Kier molecular flexibility index (Phi) is 6.55. The molecule has 0 unspecified atom stereocenters. The van der Waals surface area contributed by atoms with Crippen molar-refractivity contribution >= 4 is 52.2 Å². The second-order valence-electron chi connectivity index (χ2n) is 5.51. The molecule has 2 aromatic rings. The van der Waals surface area contributed by atoms with Crippen LogP contribution in [0.15, 0.2) is 54.1 Å². The van der Waals surface area contributed by atoms with E-state index in [1.807, 2.05) is 0 Å². The molecular formula is C19H16Cl2N2O3. The minimum atomic E-state index is -0.476. The number of rotatable bonds is 5. The molecule has 7 heteroatoms. The molecule has 0 aromatic heterocycles. The first-order chi connectivity index (χ1) is 12.3. The van der Waals surface area contributed by atoms with Crippen molar-refractivity contribution in [2.45, 2.75) is 13.8 Å². The second-order valence-corrected chi connectivity index (χ2v) is 6.29. The summed E-state index contributed by atoms with van der Waals surface area (Å²) >= 11 is 11.9. The van der Waals surface area contributed by atoms with Gasteiger partial charge in [-0.05, 0) is 50.2 Å². The Morgan fingerprint density at radius 2 is 1.58 bits per heavy atom. The van der Waals surface area contributed by atoms with Gasteiger partial charge in [-0.15, -0.1) is 0 Å². The van der Waals surface area contributed by atoms with E-state index >= 15 is 0 Å². The first kappa shape index (κ1) is 19.7. The minimum Gasteiger partial charge on any atom is -0.323 e. The van der Waals surface area contributed by atoms with E-state index in [2.05, 4.69) is 10.6 Å². The van der Waals surface area contributed by atoms with Crippen molar-refractivity contribution in [3.05, 3.63) is 69.7 Å². The van der Waals surface area contributed by atoms with Crippen LogP contribution in [0.3, 0.4) is 0 Å². The molecule has 0 spiro atoms. The molecule has 0 aliphatic rings. The summed E-state index contributed by atoms with van der Waals surface area (Å²) in [6.45, 7) is 2.97. The van der Waals surface area contributed by atoms with E-state index in [1.54, 1.807) is 42.5 Å². The zero-order valence-corrected chi connectivity index (χ0v) is 15.6. The number of hydrogen-bond acceptors (Lipinski definition) is 3. The topological polar surface area (TPSA) is 75.3 Å². The fourth-order valence-electron chi connectivity index (χ4n) is 2.05. The lowest BCUT2D eigenvalue weighted by Gasteiger charge is -2.08. The summed E-state index contributed by atoms with van der Waals surface area (Å²) in [4.78, 5) is 35.5. The third-order valence-corrected chi connectivity index (χ3v) is 4.28. The first-order valence-corrected chi connectivity index (χ1v) is 8.39. The summed E-state index contributed by atoms with van der Waals surface area (Å²) in [5.41, 5.74) is 1.62. The molecule has 5 nitrogen and oxygen atoms in total. The molecule has 134 valence electrons. The van der Waals surface area contributed by atoms with Gasteiger partial charge in [-0.2, -0.15) is 0 Å². The predicted molar refractivity (Wildman–Crippen MR) is 104 cm³/mol. The summed E-state index contributed by atoms with van der Waals surface area (Å²) in [6.07, 6.45) is 1.17. The number of ketones is 1. The quantitative estimate of drug-likeness (QED) is 0.572. The lowest BCUT2D eigenvalue weighted by molar-refractivity contribution is -0.114. The van der Waals surface area contributed by atoms with Crippen molar-refractivity contribution in [2.24, 2.45) is 0 Å². The highest BCUT2D eigenvalue weighted by Gasteiger charge is 2.11. The molecule has 0 atom stereocenters. The largest absolute Gasteiger partial charge is 0.323 e. The number of nitrogens with one attached hydrogen (secondary N) is 2. The summed E-state index contributed by atoms with van der Waals surface area (Å²) < 4.78 is 0. The molecule has 0 bridgehead atoms. The van der Waals surface area contributed by atoms with Crippen LogP contribution in [0.5, 0.6) is 0 Å². The number of amides is 2. The van der Waals surface area contributed by atoms with Gasteiger partial charge in [-0.25, -0.2) is 0 Å². The number of benzene rings is 2. The van der Waals surface area contributed by atoms with Gasteiger partial charge in [0.05, 0.1) is 15.7 Å². The van der Waals surface area contributed by atoms with Crippen LogP contribution in [0.25, 0.3) is 0 Å². The van der Waals surface area contributed by atoms with Gasteiger partial charge in [-0.1, -0.05) is 29.3 Å². The van der Waals surface area contributed by atoms with E-state index < -0.39 is 11.8 Å². The van der Waals surface area contributed by atoms with E-state index in [4.69, 9.17) is 23.2 Å². The fraction of sp³-hybridized carbons (Fsp3) is 0.105. The average Bonchev–Trinajstić information content (AvgIpc) is 2.59. The maximum absolute atomic E-state index is 12.2. The molecule has 0 radical (unpaired) electrons. The van der Waals surface area contributed by atoms with E-state index in [1.165, 1.54) is 19.9 Å². The van der Waals surface area contributed by atoms with Crippen LogP contribution >= 0.6 is 23.2 Å². The number of carbonyl (C=O) groups is 3. The van der Waals surface area contributed by atoms with Crippen molar-refractivity contribution in [2.75, 3.05) is 10.6 Å². The van der Waals surface area contributed by atoms with Gasteiger partial charge in [-0.3, -0.25) is 14.4 Å². The van der Waals surface area contributed by atoms with Crippen molar-refractivity contribution in [1.29, 1.82) is 0 Å². The van der Waals surface area contributed by atoms with Gasteiger partial charge < -0.3 is 10.6 Å². The van der Waals surface area contributed by atoms with Crippen LogP contribution in [-0.4, -0.2) is 17.6 Å². The standard InChI is InChI=1S/C19H16Cl2N2O3/c1-11(19(26)23-16-5-3-4-15(20)18(16)21)10-17(25)22-14-8-6-13(7-9-14)12(2)24/h3-10H,1-2H3,(H,22,25)(H,23,26)/b11-10-. The molecule has 2 amide bonds. The number of hydrogen-bond donors (Lipinski definition) is 2. The smallest absolute Gasteiger partial charge is 0.251 e. The van der Waals surface area contributed by atoms with Gasteiger partial charge in [0.15, 0.2) is 5.78 Å². The van der Waals surface area contributed by atoms with Crippen LogP contribution in [0, 0.1) is 0 Å². The lowest BCUT2D eigenvalue weighted by atomic mass is 10.1. The summed E-state index contributed by atoms with van der Waals surface area (Å²) in [6, 6.07) is 11.3. The molecule has 0 heterocycles. The van der Waals surface area contributed by atoms with Gasteiger partial charge in [0.2, 0.25) is 5.91 Å². The van der Waals surface area contributed by atoms with Gasteiger partial charge in [0, 0.05) is 22.9 Å². The zero-order chi connectivity index (χ0) is 19.3. The number of carbonyl (C=O) groups excluding carboxylic acids is 3. The highest BCUT2D eigenvalue weighted by atomic mass is 35.5. The second kappa shape index (κ2) is 8.65. The van der Waals surface area contributed by atoms with Crippen LogP contribution < -0.4 is 10.6 Å². The summed E-state index contributed by atoms with van der Waals surface area (Å²) in [5, 5.41) is 5.77. The van der Waals surface area contributed by atoms with Crippen molar-refractivity contribution in [3.8, 4) is 0 Å². The average molecular weight is 391 g/mol. The Morgan fingerprint density at radius 3 is 2.19 bits per heavy atom. The Morgan fingerprint density at radius 1 is 0.923 bits per heavy atom. The van der Waals surface area contributed by atoms with Gasteiger partial charge in [0.1, 0.15) is 0 Å². The normalized spacial score (nSPS) is 11.0. The third-order valence-electron chi connectivity index (χ3n) is 3.46. The van der Waals surface area contributed by atoms with E-state index in [0.717, 1.165) is 0 Å². The maximum atomic E-state index is 12.2. The number of halogens is 2. The molecule has 0 saturated heterocycles.